The molecule has 0 aliphatic heterocycles. The van der Waals surface area contributed by atoms with Crippen LogP contribution in [0, 0.1) is 0 Å². The molecule has 0 radical (unpaired) electrons. The number of hydrogen-bond acceptors (Lipinski definition) is 2. The van der Waals surface area contributed by atoms with Gasteiger partial charge in [-0.3, -0.25) is 9.36 Å². The fourth-order valence-electron chi connectivity index (χ4n) is 3.33. The number of nitrogens with one attached hydrogen (secondary N) is 2. The molecule has 0 aliphatic rings. The molecular formula is C22H15ClN4O. The van der Waals surface area contributed by atoms with E-state index in [9.17, 15) is 4.79 Å². The van der Waals surface area contributed by atoms with E-state index in [4.69, 9.17) is 11.6 Å². The quantitative estimate of drug-likeness (QED) is 0.435. The van der Waals surface area contributed by atoms with Crippen molar-refractivity contribution in [2.24, 2.45) is 0 Å². The number of imidazole rings is 1. The van der Waals surface area contributed by atoms with Crippen LogP contribution in [0.25, 0.3) is 27.6 Å². The van der Waals surface area contributed by atoms with Crippen molar-refractivity contribution in [1.82, 2.24) is 14.5 Å². The highest BCUT2D eigenvalue weighted by atomic mass is 35.5. The lowest BCUT2D eigenvalue weighted by atomic mass is 10.2. The first kappa shape index (κ1) is 16.6. The summed E-state index contributed by atoms with van der Waals surface area (Å²) in [7, 11) is 0. The van der Waals surface area contributed by atoms with Gasteiger partial charge in [-0.1, -0.05) is 41.9 Å². The van der Waals surface area contributed by atoms with Gasteiger partial charge in [0.25, 0.3) is 5.91 Å². The Morgan fingerprint density at radius 3 is 2.54 bits per heavy atom. The number of hydrogen-bond donors (Lipinski definition) is 2. The first-order valence-electron chi connectivity index (χ1n) is 8.81. The number of anilines is 1. The summed E-state index contributed by atoms with van der Waals surface area (Å²) in [4.78, 5) is 20.1. The molecule has 0 atom stereocenters. The van der Waals surface area contributed by atoms with E-state index in [-0.39, 0.29) is 5.91 Å². The van der Waals surface area contributed by atoms with E-state index < -0.39 is 0 Å². The predicted molar refractivity (Wildman–Crippen MR) is 112 cm³/mol. The molecule has 28 heavy (non-hydrogen) atoms. The molecule has 0 aliphatic carbocycles. The molecule has 0 unspecified atom stereocenters. The first-order chi connectivity index (χ1) is 13.7. The molecule has 5 nitrogen and oxygen atoms in total. The molecular weight excluding hydrogens is 372 g/mol. The number of rotatable bonds is 3. The molecule has 0 fully saturated rings. The normalized spacial score (nSPS) is 11.2. The van der Waals surface area contributed by atoms with Crippen molar-refractivity contribution in [1.29, 1.82) is 0 Å². The van der Waals surface area contributed by atoms with Crippen LogP contribution in [0.4, 0.5) is 5.69 Å². The zero-order chi connectivity index (χ0) is 19.1. The topological polar surface area (TPSA) is 62.7 Å². The minimum absolute atomic E-state index is 0.276. The average Bonchev–Trinajstić information content (AvgIpc) is 3.30. The fraction of sp³-hybridized carbons (Fsp3) is 0. The molecule has 0 spiro atoms. The lowest BCUT2D eigenvalue weighted by Gasteiger charge is -2.08. The van der Waals surface area contributed by atoms with Gasteiger partial charge in [-0.05, 0) is 42.5 Å². The Kier molecular flexibility index (Phi) is 3.88. The van der Waals surface area contributed by atoms with Gasteiger partial charge in [0, 0.05) is 22.3 Å². The summed E-state index contributed by atoms with van der Waals surface area (Å²) >= 11 is 6.36. The number of halogens is 1. The van der Waals surface area contributed by atoms with Crippen molar-refractivity contribution in [2.45, 2.75) is 0 Å². The second-order valence-corrected chi connectivity index (χ2v) is 6.84. The van der Waals surface area contributed by atoms with Crippen LogP contribution in [0.5, 0.6) is 0 Å². The highest BCUT2D eigenvalue weighted by molar-refractivity contribution is 6.39. The Hall–Kier alpha value is -3.57. The fourth-order valence-corrected chi connectivity index (χ4v) is 3.63. The SMILES string of the molecule is O=C(Nc1ccc(-n2cnc3ccccc32)cc1)c1[nH]c2ccccc2c1Cl. The van der Waals surface area contributed by atoms with Gasteiger partial charge in [0.2, 0.25) is 0 Å². The summed E-state index contributed by atoms with van der Waals surface area (Å²) in [6, 6.07) is 23.1. The van der Waals surface area contributed by atoms with Crippen LogP contribution in [0.3, 0.4) is 0 Å². The van der Waals surface area contributed by atoms with Crippen LogP contribution in [-0.2, 0) is 0 Å². The molecule has 3 aromatic carbocycles. The van der Waals surface area contributed by atoms with Gasteiger partial charge in [0.1, 0.15) is 12.0 Å². The van der Waals surface area contributed by atoms with Crippen molar-refractivity contribution < 1.29 is 4.79 Å². The number of benzene rings is 3. The average molecular weight is 387 g/mol. The van der Waals surface area contributed by atoms with Gasteiger partial charge < -0.3 is 10.3 Å². The highest BCUT2D eigenvalue weighted by Gasteiger charge is 2.16. The van der Waals surface area contributed by atoms with Gasteiger partial charge in [-0.15, -0.1) is 0 Å². The molecule has 5 aromatic rings. The number of fused-ring (bicyclic) bond motifs is 2. The van der Waals surface area contributed by atoms with Gasteiger partial charge in [0.15, 0.2) is 0 Å². The minimum Gasteiger partial charge on any atom is -0.349 e. The van der Waals surface area contributed by atoms with Crippen molar-refractivity contribution in [2.75, 3.05) is 5.32 Å². The van der Waals surface area contributed by atoms with Crippen molar-refractivity contribution in [3.8, 4) is 5.69 Å². The predicted octanol–water partition coefficient (Wildman–Crippen LogP) is 5.41. The number of carbonyl (C=O) groups is 1. The highest BCUT2D eigenvalue weighted by Crippen LogP contribution is 2.28. The number of aromatic nitrogens is 3. The van der Waals surface area contributed by atoms with Gasteiger partial charge in [-0.25, -0.2) is 4.98 Å². The van der Waals surface area contributed by atoms with Crippen LogP contribution in [0.2, 0.25) is 5.02 Å². The third-order valence-corrected chi connectivity index (χ3v) is 5.12. The van der Waals surface area contributed by atoms with Gasteiger partial charge in [-0.2, -0.15) is 0 Å². The molecule has 5 rings (SSSR count). The van der Waals surface area contributed by atoms with Gasteiger partial charge in [0.05, 0.1) is 16.1 Å². The van der Waals surface area contributed by atoms with Crippen molar-refractivity contribution in [3.63, 3.8) is 0 Å². The van der Waals surface area contributed by atoms with Gasteiger partial charge >= 0.3 is 0 Å². The summed E-state index contributed by atoms with van der Waals surface area (Å²) in [5, 5.41) is 4.15. The molecule has 0 bridgehead atoms. The lowest BCUT2D eigenvalue weighted by molar-refractivity contribution is 0.102. The molecule has 6 heteroatoms. The molecule has 2 aromatic heterocycles. The standard InChI is InChI=1S/C22H15ClN4O/c23-20-16-5-1-2-6-17(16)26-21(20)22(28)25-14-9-11-15(12-10-14)27-13-24-18-7-3-4-8-19(18)27/h1-13,26H,(H,25,28). The molecule has 2 N–H and O–H groups in total. The van der Waals surface area contributed by atoms with E-state index >= 15 is 0 Å². The Morgan fingerprint density at radius 2 is 1.71 bits per heavy atom. The Balaban J connectivity index is 1.41. The number of amides is 1. The Labute approximate surface area is 165 Å². The van der Waals surface area contributed by atoms with Crippen molar-refractivity contribution in [3.05, 3.63) is 89.8 Å². The number of para-hydroxylation sites is 3. The number of H-pyrrole nitrogens is 1. The van der Waals surface area contributed by atoms with E-state index in [1.165, 1.54) is 0 Å². The largest absolute Gasteiger partial charge is 0.349 e. The maximum absolute atomic E-state index is 12.7. The zero-order valence-corrected chi connectivity index (χ0v) is 15.4. The summed E-state index contributed by atoms with van der Waals surface area (Å²) in [5.74, 6) is -0.276. The number of aromatic amines is 1. The maximum atomic E-state index is 12.7. The molecule has 1 amide bonds. The van der Waals surface area contributed by atoms with E-state index in [1.807, 2.05) is 77.4 Å². The van der Waals surface area contributed by atoms with Crippen LogP contribution in [-0.4, -0.2) is 20.4 Å². The Bertz CT molecular complexity index is 1320. The van der Waals surface area contributed by atoms with E-state index in [2.05, 4.69) is 15.3 Å². The number of nitrogens with zero attached hydrogens (tertiary/aromatic N) is 2. The van der Waals surface area contributed by atoms with E-state index in [0.29, 0.717) is 16.4 Å². The second kappa shape index (κ2) is 6.55. The van der Waals surface area contributed by atoms with Crippen LogP contribution in [0.1, 0.15) is 10.5 Å². The molecule has 136 valence electrons. The molecule has 0 saturated carbocycles. The van der Waals surface area contributed by atoms with E-state index in [0.717, 1.165) is 27.6 Å². The third-order valence-electron chi connectivity index (χ3n) is 4.73. The Morgan fingerprint density at radius 1 is 0.964 bits per heavy atom. The number of carbonyl (C=O) groups excluding carboxylic acids is 1. The first-order valence-corrected chi connectivity index (χ1v) is 9.18. The van der Waals surface area contributed by atoms with Crippen LogP contribution in [0.15, 0.2) is 79.1 Å². The minimum atomic E-state index is -0.276. The summed E-state index contributed by atoms with van der Waals surface area (Å²) in [6.45, 7) is 0. The molecule has 2 heterocycles. The monoisotopic (exact) mass is 386 g/mol. The maximum Gasteiger partial charge on any atom is 0.273 e. The summed E-state index contributed by atoms with van der Waals surface area (Å²) in [6.07, 6.45) is 1.79. The lowest BCUT2D eigenvalue weighted by Crippen LogP contribution is -2.12. The smallest absolute Gasteiger partial charge is 0.273 e. The zero-order valence-electron chi connectivity index (χ0n) is 14.7. The third kappa shape index (κ3) is 2.73. The second-order valence-electron chi connectivity index (χ2n) is 6.46. The van der Waals surface area contributed by atoms with Crippen molar-refractivity contribution >= 4 is 45.1 Å². The van der Waals surface area contributed by atoms with Crippen LogP contribution < -0.4 is 5.32 Å². The van der Waals surface area contributed by atoms with Crippen LogP contribution >= 0.6 is 11.6 Å². The molecule has 0 saturated heterocycles. The summed E-state index contributed by atoms with van der Waals surface area (Å²) in [5.41, 5.74) is 4.81. The summed E-state index contributed by atoms with van der Waals surface area (Å²) < 4.78 is 2.01. The van der Waals surface area contributed by atoms with E-state index in [1.54, 1.807) is 6.33 Å².